The molecule has 7 nitrogen and oxygen atoms in total. The lowest BCUT2D eigenvalue weighted by atomic mass is 9.99. The molecule has 1 aliphatic rings. The minimum Gasteiger partial charge on any atom is -0.392 e. The number of thioether (sulfide) groups is 1. The minimum absolute atomic E-state index is 0.0103. The maximum Gasteiger partial charge on any atom is 0.220 e. The lowest BCUT2D eigenvalue weighted by molar-refractivity contribution is -0.245. The Morgan fingerprint density at radius 1 is 0.787 bits per heavy atom. The van der Waals surface area contributed by atoms with Crippen molar-refractivity contribution in [2.75, 3.05) is 12.3 Å². The second-order valence-electron chi connectivity index (χ2n) is 11.9. The van der Waals surface area contributed by atoms with E-state index in [1.807, 2.05) is 54.6 Å². The van der Waals surface area contributed by atoms with Crippen LogP contribution in [0.4, 0.5) is 0 Å². The summed E-state index contributed by atoms with van der Waals surface area (Å²) in [6.07, 6.45) is 3.08. The number of carbonyl (C=O) groups is 2. The summed E-state index contributed by atoms with van der Waals surface area (Å²) in [6.45, 7) is 2.64. The molecule has 1 heterocycles. The highest BCUT2D eigenvalue weighted by Crippen LogP contribution is 2.40. The molecular formula is C39H44N2O5S. The fraction of sp³-hybridized carbons (Fsp3) is 0.333. The molecule has 0 aromatic heterocycles. The van der Waals surface area contributed by atoms with Gasteiger partial charge in [0.25, 0.3) is 0 Å². The predicted octanol–water partition coefficient (Wildman–Crippen LogP) is 7.50. The molecule has 3 unspecified atom stereocenters. The summed E-state index contributed by atoms with van der Waals surface area (Å²) < 4.78 is 13.2. The molecule has 0 aliphatic carbocycles. The van der Waals surface area contributed by atoms with Gasteiger partial charge in [0.1, 0.15) is 0 Å². The number of aliphatic hydroxyl groups excluding tert-OH is 1. The number of amides is 2. The predicted molar refractivity (Wildman–Crippen MR) is 186 cm³/mol. The second-order valence-corrected chi connectivity index (χ2v) is 13.0. The first-order valence-electron chi connectivity index (χ1n) is 16.4. The van der Waals surface area contributed by atoms with E-state index >= 15 is 0 Å². The molecule has 2 amide bonds. The molecule has 5 rings (SSSR count). The molecular weight excluding hydrogens is 609 g/mol. The summed E-state index contributed by atoms with van der Waals surface area (Å²) in [4.78, 5) is 24.6. The van der Waals surface area contributed by atoms with E-state index in [9.17, 15) is 14.7 Å². The second kappa shape index (κ2) is 17.8. The lowest BCUT2D eigenvalue weighted by Gasteiger charge is -2.36. The summed E-state index contributed by atoms with van der Waals surface area (Å²) in [5, 5.41) is 15.4. The van der Waals surface area contributed by atoms with Crippen molar-refractivity contribution in [2.45, 2.75) is 75.6 Å². The SMILES string of the molecule is CC(=O)NCCCCCC(=O)NCc1cccc(-c2cccc(C3OC(CSc4ccccc4)CC(c4ccc(CO)cc4)O3)c2)c1. The highest BCUT2D eigenvalue weighted by Gasteiger charge is 2.32. The first-order valence-corrected chi connectivity index (χ1v) is 17.3. The van der Waals surface area contributed by atoms with Crippen LogP contribution in [0.25, 0.3) is 11.1 Å². The maximum atomic E-state index is 12.4. The van der Waals surface area contributed by atoms with Crippen molar-refractivity contribution < 1.29 is 24.2 Å². The van der Waals surface area contributed by atoms with Crippen LogP contribution in [0.3, 0.4) is 0 Å². The number of hydrogen-bond acceptors (Lipinski definition) is 6. The van der Waals surface area contributed by atoms with Crippen molar-refractivity contribution in [3.05, 3.63) is 125 Å². The van der Waals surface area contributed by atoms with Crippen molar-refractivity contribution in [3.8, 4) is 11.1 Å². The molecule has 47 heavy (non-hydrogen) atoms. The van der Waals surface area contributed by atoms with Crippen LogP contribution in [0.2, 0.25) is 0 Å². The van der Waals surface area contributed by atoms with Crippen LogP contribution in [0.1, 0.15) is 73.7 Å². The number of ether oxygens (including phenoxy) is 2. The molecule has 1 aliphatic heterocycles. The number of rotatable bonds is 15. The topological polar surface area (TPSA) is 96.9 Å². The van der Waals surface area contributed by atoms with Gasteiger partial charge in [-0.15, -0.1) is 11.8 Å². The Morgan fingerprint density at radius 2 is 1.55 bits per heavy atom. The average Bonchev–Trinajstić information content (AvgIpc) is 3.11. The smallest absolute Gasteiger partial charge is 0.220 e. The highest BCUT2D eigenvalue weighted by molar-refractivity contribution is 7.99. The average molecular weight is 653 g/mol. The van der Waals surface area contributed by atoms with E-state index in [2.05, 4.69) is 59.2 Å². The third-order valence-electron chi connectivity index (χ3n) is 8.16. The van der Waals surface area contributed by atoms with E-state index in [4.69, 9.17) is 9.47 Å². The van der Waals surface area contributed by atoms with Gasteiger partial charge in [0.2, 0.25) is 11.8 Å². The first-order chi connectivity index (χ1) is 23.0. The van der Waals surface area contributed by atoms with Gasteiger partial charge in [-0.3, -0.25) is 9.59 Å². The lowest BCUT2D eigenvalue weighted by Crippen LogP contribution is -2.31. The van der Waals surface area contributed by atoms with E-state index < -0.39 is 6.29 Å². The van der Waals surface area contributed by atoms with E-state index in [1.165, 1.54) is 11.8 Å². The van der Waals surface area contributed by atoms with Gasteiger partial charge in [0, 0.05) is 49.1 Å². The number of benzene rings is 4. The number of unbranched alkanes of at least 4 members (excludes halogenated alkanes) is 2. The van der Waals surface area contributed by atoms with Gasteiger partial charge in [0.05, 0.1) is 18.8 Å². The Labute approximate surface area is 282 Å². The third kappa shape index (κ3) is 10.8. The number of hydrogen-bond donors (Lipinski definition) is 3. The highest BCUT2D eigenvalue weighted by atomic mass is 32.2. The van der Waals surface area contributed by atoms with Gasteiger partial charge in [-0.25, -0.2) is 0 Å². The molecule has 246 valence electrons. The Morgan fingerprint density at radius 3 is 2.32 bits per heavy atom. The molecule has 1 saturated heterocycles. The van der Waals surface area contributed by atoms with Crippen molar-refractivity contribution in [2.24, 2.45) is 0 Å². The zero-order valence-electron chi connectivity index (χ0n) is 26.9. The molecule has 3 N–H and O–H groups in total. The van der Waals surface area contributed by atoms with Crippen molar-refractivity contribution in [3.63, 3.8) is 0 Å². The fourth-order valence-electron chi connectivity index (χ4n) is 5.60. The van der Waals surface area contributed by atoms with Gasteiger partial charge in [-0.2, -0.15) is 0 Å². The molecule has 0 radical (unpaired) electrons. The molecule has 0 bridgehead atoms. The minimum atomic E-state index is -0.534. The summed E-state index contributed by atoms with van der Waals surface area (Å²) in [5.41, 5.74) is 6.03. The van der Waals surface area contributed by atoms with Crippen LogP contribution in [-0.4, -0.2) is 35.3 Å². The molecule has 0 spiro atoms. The summed E-state index contributed by atoms with van der Waals surface area (Å²) in [6, 6.07) is 34.9. The monoisotopic (exact) mass is 652 g/mol. The van der Waals surface area contributed by atoms with E-state index in [1.54, 1.807) is 11.8 Å². The molecule has 4 aromatic rings. The molecule has 3 atom stereocenters. The van der Waals surface area contributed by atoms with Gasteiger partial charge in [0.15, 0.2) is 6.29 Å². The normalized spacial score (nSPS) is 17.6. The first kappa shape index (κ1) is 34.4. The van der Waals surface area contributed by atoms with Crippen molar-refractivity contribution in [1.82, 2.24) is 10.6 Å². The van der Waals surface area contributed by atoms with Gasteiger partial charge in [-0.05, 0) is 64.9 Å². The van der Waals surface area contributed by atoms with E-state index in [-0.39, 0.29) is 30.6 Å². The Bertz CT molecular complexity index is 1580. The van der Waals surface area contributed by atoms with Crippen LogP contribution in [0, 0.1) is 0 Å². The Balaban J connectivity index is 1.23. The zero-order chi connectivity index (χ0) is 32.8. The zero-order valence-corrected chi connectivity index (χ0v) is 27.7. The number of carbonyl (C=O) groups excluding carboxylic acids is 2. The third-order valence-corrected chi connectivity index (χ3v) is 9.30. The van der Waals surface area contributed by atoms with E-state index in [0.717, 1.165) is 64.8 Å². The summed E-state index contributed by atoms with van der Waals surface area (Å²) in [7, 11) is 0. The van der Waals surface area contributed by atoms with Crippen LogP contribution >= 0.6 is 11.8 Å². The van der Waals surface area contributed by atoms with Crippen LogP contribution in [0.5, 0.6) is 0 Å². The largest absolute Gasteiger partial charge is 0.392 e. The molecule has 0 saturated carbocycles. The van der Waals surface area contributed by atoms with Crippen molar-refractivity contribution in [1.29, 1.82) is 0 Å². The molecule has 4 aromatic carbocycles. The maximum absolute atomic E-state index is 12.4. The number of nitrogens with one attached hydrogen (secondary N) is 2. The van der Waals surface area contributed by atoms with Crippen LogP contribution in [0.15, 0.2) is 108 Å². The quantitative estimate of drug-likeness (QED) is 0.0910. The van der Waals surface area contributed by atoms with E-state index in [0.29, 0.717) is 19.5 Å². The Kier molecular flexibility index (Phi) is 13.0. The van der Waals surface area contributed by atoms with Crippen LogP contribution in [-0.2, 0) is 32.2 Å². The summed E-state index contributed by atoms with van der Waals surface area (Å²) in [5.74, 6) is 0.813. The van der Waals surface area contributed by atoms with Crippen molar-refractivity contribution >= 4 is 23.6 Å². The molecule has 1 fully saturated rings. The fourth-order valence-corrected chi connectivity index (χ4v) is 6.54. The standard InChI is InChI=1S/C39H44N2O5S/c1-28(43)40-21-7-3-6-16-38(44)41-25-30-10-8-11-32(22-30)33-12-9-13-34(23-33)39-45-35(27-47-36-14-4-2-5-15-36)24-37(46-39)31-19-17-29(26-42)18-20-31/h2,4-5,8-15,17-20,22-23,35,37,39,42H,3,6-7,16,21,24-27H2,1H3,(H,40,43)(H,41,44). The summed E-state index contributed by atoms with van der Waals surface area (Å²) >= 11 is 1.79. The van der Waals surface area contributed by atoms with Gasteiger partial charge in [-0.1, -0.05) is 85.3 Å². The van der Waals surface area contributed by atoms with Gasteiger partial charge >= 0.3 is 0 Å². The molecule has 8 heteroatoms. The van der Waals surface area contributed by atoms with Crippen LogP contribution < -0.4 is 10.6 Å². The number of aliphatic hydroxyl groups is 1. The van der Waals surface area contributed by atoms with Gasteiger partial charge < -0.3 is 25.2 Å². The Hall–Kier alpha value is -3.95.